The number of aromatic hydroxyl groups is 1. The van der Waals surface area contributed by atoms with Gasteiger partial charge in [-0.25, -0.2) is 0 Å². The lowest BCUT2D eigenvalue weighted by Crippen LogP contribution is -2.77. The van der Waals surface area contributed by atoms with Gasteiger partial charge in [0.2, 0.25) is 23.6 Å². The molecule has 2 fully saturated rings. The minimum absolute atomic E-state index is 0.0271. The molecule has 2 bridgehead atoms. The second-order valence-electron chi connectivity index (χ2n) is 11.1. The third kappa shape index (κ3) is 5.09. The van der Waals surface area contributed by atoms with E-state index in [1.54, 1.807) is 6.07 Å². The smallest absolute Gasteiger partial charge is 0.247 e. The molecule has 1 spiro atoms. The van der Waals surface area contributed by atoms with E-state index in [9.17, 15) is 29.4 Å². The lowest BCUT2D eigenvalue weighted by atomic mass is 9.48. The van der Waals surface area contributed by atoms with Crippen LogP contribution in [0.15, 0.2) is 12.1 Å². The number of phenolic OH excluding ortho intramolecular Hbond substituents is 1. The Morgan fingerprint density at radius 1 is 1.02 bits per heavy atom. The Morgan fingerprint density at radius 3 is 2.37 bits per heavy atom. The number of piperidine rings is 1. The van der Waals surface area contributed by atoms with Crippen molar-refractivity contribution in [3.8, 4) is 11.5 Å². The number of amides is 4. The summed E-state index contributed by atoms with van der Waals surface area (Å²) < 4.78 is 16.5. The van der Waals surface area contributed by atoms with Crippen molar-refractivity contribution < 1.29 is 43.6 Å². The Morgan fingerprint density at radius 2 is 1.68 bits per heavy atom. The van der Waals surface area contributed by atoms with Crippen molar-refractivity contribution in [3.05, 3.63) is 23.3 Å². The molecule has 4 amide bonds. The van der Waals surface area contributed by atoms with E-state index in [0.29, 0.717) is 31.4 Å². The molecule has 2 aliphatic heterocycles. The molecule has 41 heavy (non-hydrogen) atoms. The summed E-state index contributed by atoms with van der Waals surface area (Å²) >= 11 is 0. The van der Waals surface area contributed by atoms with Gasteiger partial charge in [-0.05, 0) is 50.9 Å². The molecular formula is C27H37N5O9. The average molecular weight is 576 g/mol. The minimum Gasteiger partial charge on any atom is -0.504 e. The molecule has 2 aliphatic carbocycles. The SMILES string of the molecule is CNC(=O)COCC(=O)NCNC(=O)COCC(=O)N[C@H]1CC[C@@]2(O)C3Cc4ccc(O)c5c4C2(CCN3C)[C@H]1O5. The minimum atomic E-state index is -1.06. The monoisotopic (exact) mass is 575 g/mol. The number of ether oxygens (including phenoxy) is 3. The fourth-order valence-corrected chi connectivity index (χ4v) is 7.04. The summed E-state index contributed by atoms with van der Waals surface area (Å²) in [6.45, 7) is -0.786. The number of rotatable bonds is 11. The number of phenols is 1. The quantitative estimate of drug-likeness (QED) is 0.156. The van der Waals surface area contributed by atoms with Crippen molar-refractivity contribution in [1.29, 1.82) is 0 Å². The molecule has 4 aliphatic rings. The second kappa shape index (κ2) is 11.4. The highest BCUT2D eigenvalue weighted by atomic mass is 16.5. The van der Waals surface area contributed by atoms with E-state index in [1.807, 2.05) is 13.1 Å². The van der Waals surface area contributed by atoms with E-state index in [4.69, 9.17) is 14.2 Å². The third-order valence-electron chi connectivity index (χ3n) is 8.86. The summed E-state index contributed by atoms with van der Waals surface area (Å²) in [7, 11) is 3.47. The Balaban J connectivity index is 1.12. The van der Waals surface area contributed by atoms with Crippen LogP contribution in [0, 0.1) is 0 Å². The highest BCUT2D eigenvalue weighted by Crippen LogP contribution is 2.65. The molecule has 1 aromatic carbocycles. The number of carbonyl (C=O) groups is 4. The Hall–Kier alpha value is -3.46. The molecule has 5 rings (SSSR count). The maximum absolute atomic E-state index is 12.8. The van der Waals surface area contributed by atoms with Gasteiger partial charge in [-0.3, -0.25) is 19.2 Å². The predicted octanol–water partition coefficient (Wildman–Crippen LogP) is -2.37. The first-order chi connectivity index (χ1) is 19.6. The highest BCUT2D eigenvalue weighted by Gasteiger charge is 2.72. The number of nitrogens with one attached hydrogen (secondary N) is 4. The molecule has 6 N–H and O–H groups in total. The molecule has 2 heterocycles. The summed E-state index contributed by atoms with van der Waals surface area (Å²) in [5, 5.41) is 33.0. The molecule has 5 atom stereocenters. The molecule has 2 unspecified atom stereocenters. The molecule has 224 valence electrons. The van der Waals surface area contributed by atoms with Crippen LogP contribution in [0.4, 0.5) is 0 Å². The fraction of sp³-hybridized carbons (Fsp3) is 0.630. The van der Waals surface area contributed by atoms with E-state index < -0.39 is 47.5 Å². The van der Waals surface area contributed by atoms with Gasteiger partial charge in [0.05, 0.1) is 23.7 Å². The molecule has 14 nitrogen and oxygen atoms in total. The summed E-state index contributed by atoms with van der Waals surface area (Å²) in [4.78, 5) is 49.8. The van der Waals surface area contributed by atoms with Crippen molar-refractivity contribution in [1.82, 2.24) is 26.2 Å². The first-order valence-corrected chi connectivity index (χ1v) is 13.7. The van der Waals surface area contributed by atoms with Gasteiger partial charge in [-0.1, -0.05) is 6.07 Å². The topological polar surface area (TPSA) is 188 Å². The van der Waals surface area contributed by atoms with E-state index in [0.717, 1.165) is 17.7 Å². The Labute approximate surface area is 237 Å². The molecule has 1 aromatic rings. The summed E-state index contributed by atoms with van der Waals surface area (Å²) in [6.07, 6.45) is 1.68. The Bertz CT molecular complexity index is 1230. The van der Waals surface area contributed by atoms with Gasteiger partial charge in [0.1, 0.15) is 32.5 Å². The maximum atomic E-state index is 12.8. The average Bonchev–Trinajstić information content (AvgIpc) is 3.30. The van der Waals surface area contributed by atoms with Crippen LogP contribution in [0.5, 0.6) is 11.5 Å². The van der Waals surface area contributed by atoms with E-state index >= 15 is 0 Å². The van der Waals surface area contributed by atoms with Crippen LogP contribution in [0.3, 0.4) is 0 Å². The largest absolute Gasteiger partial charge is 0.504 e. The first kappa shape index (κ1) is 29.0. The first-order valence-electron chi connectivity index (χ1n) is 13.7. The standard InChI is InChI=1S/C27H37N5O9/c1-28-19(34)10-39-11-20(35)29-14-30-21(36)12-40-13-22(37)31-16-5-6-27(38)18-9-15-3-4-17(33)24-23(15)26(27,25(16)41-24)7-8-32(18)2/h3-4,16,18,25,33,38H,5-14H2,1-2H3,(H,28,34)(H,29,35)(H,30,36)(H,31,37)/t16-,18?,25-,26?,27+/m0/s1. The van der Waals surface area contributed by atoms with Crippen molar-refractivity contribution in [3.63, 3.8) is 0 Å². The van der Waals surface area contributed by atoms with Gasteiger partial charge in [-0.15, -0.1) is 0 Å². The number of hydrogen-bond donors (Lipinski definition) is 6. The van der Waals surface area contributed by atoms with Crippen LogP contribution in [0.25, 0.3) is 0 Å². The van der Waals surface area contributed by atoms with E-state index in [-0.39, 0.29) is 44.2 Å². The van der Waals surface area contributed by atoms with E-state index in [1.165, 1.54) is 7.05 Å². The summed E-state index contributed by atoms with van der Waals surface area (Å²) in [6, 6.07) is 3.01. The molecule has 1 saturated heterocycles. The molecular weight excluding hydrogens is 538 g/mol. The summed E-state index contributed by atoms with van der Waals surface area (Å²) in [5.41, 5.74) is 0.112. The number of carbonyl (C=O) groups excluding carboxylic acids is 4. The number of nitrogens with zero attached hydrogens (tertiary/aromatic N) is 1. The number of aliphatic hydroxyl groups is 1. The van der Waals surface area contributed by atoms with Crippen LogP contribution >= 0.6 is 0 Å². The lowest BCUT2D eigenvalue weighted by molar-refractivity contribution is -0.187. The van der Waals surface area contributed by atoms with Gasteiger partial charge < -0.3 is 50.6 Å². The number of likely N-dealkylation sites (tertiary alicyclic amines) is 1. The lowest BCUT2D eigenvalue weighted by Gasteiger charge is -2.63. The zero-order chi connectivity index (χ0) is 29.4. The molecule has 0 aromatic heterocycles. The van der Waals surface area contributed by atoms with Gasteiger partial charge in [-0.2, -0.15) is 0 Å². The van der Waals surface area contributed by atoms with Gasteiger partial charge >= 0.3 is 0 Å². The van der Waals surface area contributed by atoms with Crippen molar-refractivity contribution >= 4 is 23.6 Å². The van der Waals surface area contributed by atoms with Crippen LogP contribution in [-0.4, -0.2) is 116 Å². The van der Waals surface area contributed by atoms with Crippen molar-refractivity contribution in [2.75, 3.05) is 53.7 Å². The maximum Gasteiger partial charge on any atom is 0.247 e. The van der Waals surface area contributed by atoms with Gasteiger partial charge in [0, 0.05) is 18.7 Å². The normalized spacial score (nSPS) is 29.1. The highest BCUT2D eigenvalue weighted by molar-refractivity contribution is 5.81. The van der Waals surface area contributed by atoms with Crippen LogP contribution < -0.4 is 26.0 Å². The fourth-order valence-electron chi connectivity index (χ4n) is 7.04. The van der Waals surface area contributed by atoms with Crippen LogP contribution in [0.2, 0.25) is 0 Å². The number of benzene rings is 1. The van der Waals surface area contributed by atoms with Gasteiger partial charge in [0.25, 0.3) is 0 Å². The summed E-state index contributed by atoms with van der Waals surface area (Å²) in [5.74, 6) is -1.43. The number of hydrogen-bond acceptors (Lipinski definition) is 10. The van der Waals surface area contributed by atoms with E-state index in [2.05, 4.69) is 26.2 Å². The number of likely N-dealkylation sites (N-methyl/N-ethyl adjacent to an activating group) is 2. The third-order valence-corrected chi connectivity index (χ3v) is 8.86. The predicted molar refractivity (Wildman–Crippen MR) is 142 cm³/mol. The Kier molecular flexibility index (Phi) is 8.10. The second-order valence-corrected chi connectivity index (χ2v) is 11.1. The molecule has 0 radical (unpaired) electrons. The zero-order valence-corrected chi connectivity index (χ0v) is 23.2. The molecule has 14 heteroatoms. The molecule has 1 saturated carbocycles. The van der Waals surface area contributed by atoms with Crippen LogP contribution in [-0.2, 0) is 40.5 Å². The van der Waals surface area contributed by atoms with Crippen LogP contribution in [0.1, 0.15) is 30.4 Å². The zero-order valence-electron chi connectivity index (χ0n) is 23.2. The van der Waals surface area contributed by atoms with Gasteiger partial charge in [0.15, 0.2) is 11.5 Å². The van der Waals surface area contributed by atoms with Crippen molar-refractivity contribution in [2.45, 2.75) is 54.9 Å². The van der Waals surface area contributed by atoms with Crippen molar-refractivity contribution in [2.24, 2.45) is 0 Å².